The number of nitrogens with two attached hydrogens (primary N) is 3. The molecule has 0 radical (unpaired) electrons. The van der Waals surface area contributed by atoms with E-state index in [0.29, 0.717) is 13.1 Å². The van der Waals surface area contributed by atoms with E-state index in [2.05, 4.69) is 53.8 Å². The summed E-state index contributed by atoms with van der Waals surface area (Å²) in [6.45, 7) is 4.35. The summed E-state index contributed by atoms with van der Waals surface area (Å²) in [5.74, 6) is 0.0599. The quantitative estimate of drug-likeness (QED) is 0.460. The fourth-order valence-electron chi connectivity index (χ4n) is 2.48. The Morgan fingerprint density at radius 1 is 0.690 bits per heavy atom. The Morgan fingerprint density at radius 2 is 1.14 bits per heavy atom. The van der Waals surface area contributed by atoms with Gasteiger partial charge in [-0.05, 0) is 56.2 Å². The Labute approximate surface area is 177 Å². The highest BCUT2D eigenvalue weighted by molar-refractivity contribution is 5.72. The first-order valence-corrected chi connectivity index (χ1v) is 10.6. The Bertz CT molecular complexity index is 588. The van der Waals surface area contributed by atoms with Gasteiger partial charge in [0.25, 0.3) is 0 Å². The summed E-state index contributed by atoms with van der Waals surface area (Å²) in [6.07, 6.45) is 6.78. The molecule has 5 nitrogen and oxygen atoms in total. The van der Waals surface area contributed by atoms with E-state index in [1.807, 2.05) is 12.1 Å². The van der Waals surface area contributed by atoms with Crippen LogP contribution in [0.4, 0.5) is 0 Å². The highest BCUT2D eigenvalue weighted by Crippen LogP contribution is 2.04. The number of rotatable bonds is 10. The average Bonchev–Trinajstić information content (AvgIpc) is 2.76. The first-order valence-electron chi connectivity index (χ1n) is 10.6. The van der Waals surface area contributed by atoms with Crippen LogP contribution in [0.3, 0.4) is 0 Å². The second-order valence-electron chi connectivity index (χ2n) is 6.73. The molecule has 0 spiro atoms. The van der Waals surface area contributed by atoms with Gasteiger partial charge < -0.3 is 22.5 Å². The molecule has 0 aliphatic rings. The molecule has 162 valence electrons. The molecule has 0 unspecified atom stereocenters. The maximum atomic E-state index is 10.6. The summed E-state index contributed by atoms with van der Waals surface area (Å²) in [7, 11) is 0. The molecule has 0 aromatic heterocycles. The predicted molar refractivity (Wildman–Crippen MR) is 125 cm³/mol. The number of aryl methyl sites for hydroxylation is 2. The predicted octanol–water partition coefficient (Wildman–Crippen LogP) is 3.02. The van der Waals surface area contributed by atoms with Crippen molar-refractivity contribution in [3.8, 4) is 0 Å². The van der Waals surface area contributed by atoms with Crippen LogP contribution in [0.2, 0.25) is 0 Å². The van der Waals surface area contributed by atoms with Crippen LogP contribution in [0.15, 0.2) is 60.7 Å². The first kappa shape index (κ1) is 26.8. The van der Waals surface area contributed by atoms with Crippen molar-refractivity contribution in [2.45, 2.75) is 45.4 Å². The minimum atomic E-state index is 0.0599. The minimum absolute atomic E-state index is 0.0599. The molecule has 0 bridgehead atoms. The number of unbranched alkanes of at least 4 members (excludes halogenated alkanes) is 2. The van der Waals surface area contributed by atoms with E-state index in [1.54, 1.807) is 6.92 Å². The maximum Gasteiger partial charge on any atom is 0.216 e. The Hall–Kier alpha value is -2.21. The summed E-state index contributed by atoms with van der Waals surface area (Å²) in [4.78, 5) is 10.6. The van der Waals surface area contributed by atoms with Gasteiger partial charge in [-0.25, -0.2) is 0 Å². The first-order chi connectivity index (χ1) is 14.1. The lowest BCUT2D eigenvalue weighted by molar-refractivity contribution is -0.118. The van der Waals surface area contributed by atoms with E-state index >= 15 is 0 Å². The SMILES string of the molecule is CC(=O)NCCCCc1ccccc1.NCCCCc1ccccc1.NCCN. The van der Waals surface area contributed by atoms with Crippen LogP contribution in [0, 0.1) is 0 Å². The van der Waals surface area contributed by atoms with Crippen molar-refractivity contribution < 1.29 is 4.79 Å². The van der Waals surface area contributed by atoms with Gasteiger partial charge >= 0.3 is 0 Å². The second-order valence-corrected chi connectivity index (χ2v) is 6.73. The van der Waals surface area contributed by atoms with Crippen molar-refractivity contribution in [1.82, 2.24) is 5.32 Å². The number of amides is 1. The van der Waals surface area contributed by atoms with Gasteiger partial charge in [0, 0.05) is 26.6 Å². The van der Waals surface area contributed by atoms with E-state index in [0.717, 1.165) is 45.2 Å². The summed E-state index contributed by atoms with van der Waals surface area (Å²) in [5.41, 5.74) is 18.0. The van der Waals surface area contributed by atoms with Gasteiger partial charge in [-0.3, -0.25) is 4.79 Å². The largest absolute Gasteiger partial charge is 0.356 e. The molecule has 0 atom stereocenters. The molecule has 0 fully saturated rings. The molecule has 0 aliphatic carbocycles. The molecule has 0 aliphatic heterocycles. The molecule has 7 N–H and O–H groups in total. The van der Waals surface area contributed by atoms with Crippen LogP contribution < -0.4 is 22.5 Å². The van der Waals surface area contributed by atoms with Crippen molar-refractivity contribution in [3.63, 3.8) is 0 Å². The van der Waals surface area contributed by atoms with Gasteiger partial charge in [-0.2, -0.15) is 0 Å². The summed E-state index contributed by atoms with van der Waals surface area (Å²) in [5, 5.41) is 2.79. The zero-order valence-corrected chi connectivity index (χ0v) is 18.0. The molecular weight excluding hydrogens is 360 g/mol. The Balaban J connectivity index is 0.000000466. The van der Waals surface area contributed by atoms with Crippen molar-refractivity contribution in [3.05, 3.63) is 71.8 Å². The Morgan fingerprint density at radius 3 is 1.52 bits per heavy atom. The number of nitrogens with one attached hydrogen (secondary N) is 1. The molecule has 0 heterocycles. The van der Waals surface area contributed by atoms with E-state index in [4.69, 9.17) is 17.2 Å². The third-order valence-corrected chi connectivity index (χ3v) is 4.04. The molecule has 5 heteroatoms. The lowest BCUT2D eigenvalue weighted by Crippen LogP contribution is -2.20. The Kier molecular flexibility index (Phi) is 19.0. The van der Waals surface area contributed by atoms with Crippen LogP contribution in [0.25, 0.3) is 0 Å². The second kappa shape index (κ2) is 20.5. The third-order valence-electron chi connectivity index (χ3n) is 4.04. The number of benzene rings is 2. The topological polar surface area (TPSA) is 107 Å². The van der Waals surface area contributed by atoms with Crippen LogP contribution in [0.5, 0.6) is 0 Å². The third kappa shape index (κ3) is 18.9. The van der Waals surface area contributed by atoms with Crippen LogP contribution >= 0.6 is 0 Å². The molecule has 1 amide bonds. The highest BCUT2D eigenvalue weighted by Gasteiger charge is 1.93. The number of carbonyl (C=O) groups excluding carboxylic acids is 1. The van der Waals surface area contributed by atoms with Crippen LogP contribution in [0.1, 0.15) is 43.7 Å². The van der Waals surface area contributed by atoms with E-state index < -0.39 is 0 Å². The fourth-order valence-corrected chi connectivity index (χ4v) is 2.48. The van der Waals surface area contributed by atoms with Crippen molar-refractivity contribution >= 4 is 5.91 Å². The normalized spacial score (nSPS) is 9.52. The molecule has 2 rings (SSSR count). The zero-order chi connectivity index (χ0) is 21.6. The molecule has 29 heavy (non-hydrogen) atoms. The standard InChI is InChI=1S/C12H17NO.C10H15N.C2H8N2/c1-11(14)13-10-6-5-9-12-7-3-2-4-8-12;11-9-5-4-8-10-6-2-1-3-7-10;3-1-2-4/h2-4,7-8H,5-6,9-10H2,1H3,(H,13,14);1-3,6-7H,4-5,8-9,11H2;1-4H2. The average molecular weight is 401 g/mol. The monoisotopic (exact) mass is 400 g/mol. The van der Waals surface area contributed by atoms with Gasteiger partial charge in [0.15, 0.2) is 0 Å². The number of hydrogen-bond donors (Lipinski definition) is 4. The molecule has 2 aromatic carbocycles. The summed E-state index contributed by atoms with van der Waals surface area (Å²) >= 11 is 0. The summed E-state index contributed by atoms with van der Waals surface area (Å²) < 4.78 is 0. The lowest BCUT2D eigenvalue weighted by Gasteiger charge is -2.02. The van der Waals surface area contributed by atoms with Crippen molar-refractivity contribution in [2.24, 2.45) is 17.2 Å². The smallest absolute Gasteiger partial charge is 0.216 e. The minimum Gasteiger partial charge on any atom is -0.356 e. The van der Waals surface area contributed by atoms with Gasteiger partial charge in [0.1, 0.15) is 0 Å². The maximum absolute atomic E-state index is 10.6. The zero-order valence-electron chi connectivity index (χ0n) is 18.0. The van der Waals surface area contributed by atoms with E-state index in [-0.39, 0.29) is 5.91 Å². The lowest BCUT2D eigenvalue weighted by atomic mass is 10.1. The molecular formula is C24H40N4O. The molecule has 2 aromatic rings. The molecule has 0 saturated carbocycles. The number of carbonyl (C=O) groups is 1. The fraction of sp³-hybridized carbons (Fsp3) is 0.458. The number of hydrogen-bond acceptors (Lipinski definition) is 4. The van der Waals surface area contributed by atoms with Gasteiger partial charge in [-0.15, -0.1) is 0 Å². The van der Waals surface area contributed by atoms with Gasteiger partial charge in [0.2, 0.25) is 5.91 Å². The molecule has 0 saturated heterocycles. The van der Waals surface area contributed by atoms with Crippen LogP contribution in [-0.2, 0) is 17.6 Å². The summed E-state index contributed by atoms with van der Waals surface area (Å²) in [6, 6.07) is 21.0. The van der Waals surface area contributed by atoms with E-state index in [1.165, 1.54) is 17.5 Å². The van der Waals surface area contributed by atoms with Crippen molar-refractivity contribution in [2.75, 3.05) is 26.2 Å². The highest BCUT2D eigenvalue weighted by atomic mass is 16.1. The van der Waals surface area contributed by atoms with Gasteiger partial charge in [-0.1, -0.05) is 60.7 Å². The van der Waals surface area contributed by atoms with Gasteiger partial charge in [0.05, 0.1) is 0 Å². The van der Waals surface area contributed by atoms with Crippen molar-refractivity contribution in [1.29, 1.82) is 0 Å². The van der Waals surface area contributed by atoms with Crippen LogP contribution in [-0.4, -0.2) is 32.1 Å². The van der Waals surface area contributed by atoms with E-state index in [9.17, 15) is 4.79 Å².